The Labute approximate surface area is 137 Å². The Balaban J connectivity index is 1.98. The molecule has 23 heavy (non-hydrogen) atoms. The summed E-state index contributed by atoms with van der Waals surface area (Å²) in [7, 11) is 6.35. The molecule has 2 atom stereocenters. The van der Waals surface area contributed by atoms with E-state index in [1.165, 1.54) is 0 Å². The zero-order valence-corrected chi connectivity index (χ0v) is 13.2. The molecule has 0 saturated heterocycles. The predicted octanol–water partition coefficient (Wildman–Crippen LogP) is 3.77. The first-order valence-corrected chi connectivity index (χ1v) is 7.74. The van der Waals surface area contributed by atoms with E-state index in [1.807, 2.05) is 55.3 Å². The van der Waals surface area contributed by atoms with Crippen molar-refractivity contribution in [3.8, 4) is 11.8 Å². The van der Waals surface area contributed by atoms with E-state index in [0.717, 1.165) is 22.3 Å². The van der Waals surface area contributed by atoms with Crippen LogP contribution in [0.3, 0.4) is 0 Å². The molecule has 0 aromatic heterocycles. The Morgan fingerprint density at radius 3 is 2.17 bits per heavy atom. The Morgan fingerprint density at radius 1 is 0.957 bits per heavy atom. The van der Waals surface area contributed by atoms with Crippen LogP contribution >= 0.6 is 0 Å². The highest BCUT2D eigenvalue weighted by Crippen LogP contribution is 2.47. The van der Waals surface area contributed by atoms with Crippen LogP contribution in [0, 0.1) is 11.8 Å². The molecule has 4 rings (SSSR count). The van der Waals surface area contributed by atoms with Crippen molar-refractivity contribution in [2.45, 2.75) is 31.4 Å². The topological polar surface area (TPSA) is 28.0 Å². The van der Waals surface area contributed by atoms with E-state index in [4.69, 9.17) is 7.85 Å². The Morgan fingerprint density at radius 2 is 1.52 bits per heavy atom. The summed E-state index contributed by atoms with van der Waals surface area (Å²) in [5, 5.41) is 10.9. The number of rotatable bonds is 1. The second kappa shape index (κ2) is 4.99. The van der Waals surface area contributed by atoms with E-state index in [-0.39, 0.29) is 12.1 Å². The predicted molar refractivity (Wildman–Crippen MR) is 90.9 cm³/mol. The standard InChI is InChI=1S/C19H16BN3/c1-19(2,20)23-18-16-10-6-4-8-14(16)12-11-13-7-3-5-9-15(13)17(18)21-22-23/h3-10,17-18H,1-2H3. The van der Waals surface area contributed by atoms with Gasteiger partial charge in [-0.05, 0) is 37.1 Å². The lowest BCUT2D eigenvalue weighted by Gasteiger charge is -2.37. The van der Waals surface area contributed by atoms with Crippen LogP contribution < -0.4 is 0 Å². The van der Waals surface area contributed by atoms with Crippen molar-refractivity contribution in [1.29, 1.82) is 0 Å². The number of hydrogen-bond acceptors (Lipinski definition) is 3. The highest BCUT2D eigenvalue weighted by molar-refractivity contribution is 6.14. The van der Waals surface area contributed by atoms with E-state index in [0.29, 0.717) is 0 Å². The summed E-state index contributed by atoms with van der Waals surface area (Å²) in [6.07, 6.45) is 0. The summed E-state index contributed by atoms with van der Waals surface area (Å²) in [6.45, 7) is 3.90. The van der Waals surface area contributed by atoms with Crippen molar-refractivity contribution in [2.24, 2.45) is 10.3 Å². The van der Waals surface area contributed by atoms with Crippen molar-refractivity contribution in [3.63, 3.8) is 0 Å². The molecule has 0 amide bonds. The highest BCUT2D eigenvalue weighted by Gasteiger charge is 2.42. The summed E-state index contributed by atoms with van der Waals surface area (Å²) in [5.74, 6) is 6.59. The van der Waals surface area contributed by atoms with Gasteiger partial charge in [-0.25, -0.2) is 0 Å². The van der Waals surface area contributed by atoms with Crippen molar-refractivity contribution >= 4 is 7.85 Å². The third-order valence-electron chi connectivity index (χ3n) is 4.32. The van der Waals surface area contributed by atoms with E-state index in [2.05, 4.69) is 34.3 Å². The molecular weight excluding hydrogens is 281 g/mol. The first kappa shape index (κ1) is 14.1. The van der Waals surface area contributed by atoms with Crippen LogP contribution in [-0.4, -0.2) is 18.3 Å². The molecule has 110 valence electrons. The van der Waals surface area contributed by atoms with Crippen LogP contribution in [0.5, 0.6) is 0 Å². The molecule has 2 aliphatic rings. The lowest BCUT2D eigenvalue weighted by molar-refractivity contribution is 0.144. The van der Waals surface area contributed by atoms with Gasteiger partial charge in [-0.15, -0.1) is 0 Å². The fraction of sp³-hybridized carbons (Fsp3) is 0.263. The monoisotopic (exact) mass is 297 g/mol. The summed E-state index contributed by atoms with van der Waals surface area (Å²) in [4.78, 5) is 0. The smallest absolute Gasteiger partial charge is 0.125 e. The lowest BCUT2D eigenvalue weighted by atomic mass is 9.77. The van der Waals surface area contributed by atoms with Gasteiger partial charge in [0.15, 0.2) is 0 Å². The molecular formula is C19H16BN3. The van der Waals surface area contributed by atoms with E-state index >= 15 is 0 Å². The number of fused-ring (bicyclic) bond motifs is 5. The Kier molecular flexibility index (Phi) is 3.06. The first-order valence-electron chi connectivity index (χ1n) is 7.74. The maximum Gasteiger partial charge on any atom is 0.125 e. The molecule has 2 unspecified atom stereocenters. The van der Waals surface area contributed by atoms with E-state index in [1.54, 1.807) is 0 Å². The highest BCUT2D eigenvalue weighted by atomic mass is 15.6. The third kappa shape index (κ3) is 2.24. The number of benzene rings is 2. The molecule has 2 radical (unpaired) electrons. The fourth-order valence-electron chi connectivity index (χ4n) is 3.24. The van der Waals surface area contributed by atoms with Crippen molar-refractivity contribution in [3.05, 3.63) is 70.8 Å². The zero-order chi connectivity index (χ0) is 16.0. The van der Waals surface area contributed by atoms with Gasteiger partial charge in [0, 0.05) is 16.6 Å². The number of hydrogen-bond donors (Lipinski definition) is 0. The third-order valence-corrected chi connectivity index (χ3v) is 4.32. The van der Waals surface area contributed by atoms with Gasteiger partial charge >= 0.3 is 0 Å². The molecule has 0 spiro atoms. The summed E-state index contributed by atoms with van der Waals surface area (Å²) < 4.78 is 0. The quantitative estimate of drug-likeness (QED) is 0.581. The van der Waals surface area contributed by atoms with Gasteiger partial charge in [-0.2, -0.15) is 5.11 Å². The van der Waals surface area contributed by atoms with Gasteiger partial charge in [0.05, 0.1) is 0 Å². The second-order valence-electron chi connectivity index (χ2n) is 6.52. The average molecular weight is 297 g/mol. The van der Waals surface area contributed by atoms with Crippen LogP contribution in [0.4, 0.5) is 0 Å². The second-order valence-corrected chi connectivity index (χ2v) is 6.52. The largest absolute Gasteiger partial charge is 0.272 e. The molecule has 4 heteroatoms. The molecule has 0 saturated carbocycles. The average Bonchev–Trinajstić information content (AvgIpc) is 2.96. The molecule has 1 aliphatic heterocycles. The minimum Gasteiger partial charge on any atom is -0.272 e. The molecule has 2 aromatic rings. The van der Waals surface area contributed by atoms with Crippen LogP contribution in [-0.2, 0) is 0 Å². The van der Waals surface area contributed by atoms with Gasteiger partial charge in [0.25, 0.3) is 0 Å². The Hall–Kier alpha value is -2.54. The Bertz CT molecular complexity index is 855. The van der Waals surface area contributed by atoms with Gasteiger partial charge in [0.2, 0.25) is 0 Å². The number of nitrogens with zero attached hydrogens (tertiary/aromatic N) is 3. The maximum atomic E-state index is 6.35. The fourth-order valence-corrected chi connectivity index (χ4v) is 3.24. The van der Waals surface area contributed by atoms with Crippen molar-refractivity contribution < 1.29 is 0 Å². The van der Waals surface area contributed by atoms with Gasteiger partial charge in [-0.1, -0.05) is 53.5 Å². The van der Waals surface area contributed by atoms with E-state index in [9.17, 15) is 0 Å². The molecule has 2 aromatic carbocycles. The van der Waals surface area contributed by atoms with Gasteiger partial charge in [-0.3, -0.25) is 5.01 Å². The lowest BCUT2D eigenvalue weighted by Crippen LogP contribution is -2.42. The molecule has 0 N–H and O–H groups in total. The zero-order valence-electron chi connectivity index (χ0n) is 13.2. The normalized spacial score (nSPS) is 21.4. The molecule has 1 aliphatic carbocycles. The van der Waals surface area contributed by atoms with Crippen molar-refractivity contribution in [1.82, 2.24) is 5.01 Å². The van der Waals surface area contributed by atoms with Gasteiger partial charge in [0.1, 0.15) is 19.9 Å². The minimum atomic E-state index is -0.600. The maximum absolute atomic E-state index is 6.35. The van der Waals surface area contributed by atoms with Crippen LogP contribution in [0.2, 0.25) is 0 Å². The van der Waals surface area contributed by atoms with Crippen molar-refractivity contribution in [2.75, 3.05) is 0 Å². The van der Waals surface area contributed by atoms with Crippen LogP contribution in [0.25, 0.3) is 0 Å². The van der Waals surface area contributed by atoms with E-state index < -0.39 is 5.44 Å². The SMILES string of the molecule is [B]C(C)(C)N1N=NC2c3ccccc3C#Cc3ccccc3C21. The van der Waals surface area contributed by atoms with Gasteiger partial charge < -0.3 is 0 Å². The summed E-state index contributed by atoms with van der Waals surface area (Å²) in [5.41, 5.74) is 3.65. The summed E-state index contributed by atoms with van der Waals surface area (Å²) >= 11 is 0. The summed E-state index contributed by atoms with van der Waals surface area (Å²) in [6, 6.07) is 16.2. The molecule has 0 bridgehead atoms. The first-order chi connectivity index (χ1) is 11.1. The van der Waals surface area contributed by atoms with Crippen LogP contribution in [0.15, 0.2) is 58.9 Å². The molecule has 0 fully saturated rings. The molecule has 1 heterocycles. The van der Waals surface area contributed by atoms with Crippen LogP contribution in [0.1, 0.15) is 48.2 Å². The molecule has 3 nitrogen and oxygen atoms in total. The minimum absolute atomic E-state index is 0.0399.